The maximum atomic E-state index is 12.3. The topological polar surface area (TPSA) is 95.8 Å². The zero-order valence-electron chi connectivity index (χ0n) is 12.9. The van der Waals surface area contributed by atoms with Crippen molar-refractivity contribution in [2.45, 2.75) is 38.2 Å². The number of aryl methyl sites for hydroxylation is 2. The Morgan fingerprint density at radius 2 is 2.27 bits per heavy atom. The van der Waals surface area contributed by atoms with Gasteiger partial charge in [-0.15, -0.1) is 0 Å². The SMILES string of the molecule is Cn1cc(C(C)(O)CNC(=O)c2n[nH]c3c2CCCC3)cn1. The van der Waals surface area contributed by atoms with Gasteiger partial charge in [0.05, 0.1) is 12.7 Å². The van der Waals surface area contributed by atoms with Gasteiger partial charge >= 0.3 is 0 Å². The Balaban J connectivity index is 1.68. The number of aromatic nitrogens is 4. The molecular weight excluding hydrogens is 282 g/mol. The van der Waals surface area contributed by atoms with Crippen molar-refractivity contribution < 1.29 is 9.90 Å². The van der Waals surface area contributed by atoms with Crippen LogP contribution in [0.1, 0.15) is 47.1 Å². The number of carbonyl (C=O) groups excluding carboxylic acids is 1. The molecule has 1 aliphatic rings. The third-order valence-electron chi connectivity index (χ3n) is 4.19. The molecule has 0 bridgehead atoms. The lowest BCUT2D eigenvalue weighted by molar-refractivity contribution is 0.0524. The molecule has 0 aliphatic heterocycles. The van der Waals surface area contributed by atoms with Gasteiger partial charge in [0.25, 0.3) is 5.91 Å². The predicted octanol–water partition coefficient (Wildman–Crippen LogP) is 0.659. The molecule has 3 rings (SSSR count). The van der Waals surface area contributed by atoms with Crippen molar-refractivity contribution in [3.63, 3.8) is 0 Å². The van der Waals surface area contributed by atoms with Gasteiger partial charge < -0.3 is 10.4 Å². The second-order valence-corrected chi connectivity index (χ2v) is 6.10. The van der Waals surface area contributed by atoms with Crippen LogP contribution < -0.4 is 5.32 Å². The highest BCUT2D eigenvalue weighted by atomic mass is 16.3. The number of aromatic amines is 1. The molecule has 0 radical (unpaired) electrons. The lowest BCUT2D eigenvalue weighted by Crippen LogP contribution is -2.38. The molecule has 1 amide bonds. The van der Waals surface area contributed by atoms with E-state index < -0.39 is 5.60 Å². The first-order chi connectivity index (χ1) is 10.5. The smallest absolute Gasteiger partial charge is 0.272 e. The van der Waals surface area contributed by atoms with Gasteiger partial charge in [-0.05, 0) is 32.6 Å². The molecule has 1 unspecified atom stereocenters. The van der Waals surface area contributed by atoms with E-state index in [1.54, 1.807) is 31.0 Å². The number of hydrogen-bond donors (Lipinski definition) is 3. The van der Waals surface area contributed by atoms with Crippen LogP contribution in [-0.4, -0.2) is 37.5 Å². The van der Waals surface area contributed by atoms with Crippen LogP contribution in [0.5, 0.6) is 0 Å². The molecule has 118 valence electrons. The number of nitrogens with one attached hydrogen (secondary N) is 2. The zero-order chi connectivity index (χ0) is 15.7. The summed E-state index contributed by atoms with van der Waals surface area (Å²) in [4.78, 5) is 12.3. The van der Waals surface area contributed by atoms with E-state index in [1.807, 2.05) is 0 Å². The molecule has 0 aromatic carbocycles. The van der Waals surface area contributed by atoms with Crippen molar-refractivity contribution in [2.75, 3.05) is 6.54 Å². The van der Waals surface area contributed by atoms with E-state index in [0.29, 0.717) is 11.3 Å². The molecule has 2 aromatic heterocycles. The van der Waals surface area contributed by atoms with Gasteiger partial charge in [-0.1, -0.05) is 0 Å². The van der Waals surface area contributed by atoms with Gasteiger partial charge in [0.1, 0.15) is 5.60 Å². The fourth-order valence-electron chi connectivity index (χ4n) is 2.81. The fourth-order valence-corrected chi connectivity index (χ4v) is 2.81. The first-order valence-corrected chi connectivity index (χ1v) is 7.53. The van der Waals surface area contributed by atoms with Gasteiger partial charge in [0, 0.05) is 30.1 Å². The van der Waals surface area contributed by atoms with Crippen LogP contribution in [0.25, 0.3) is 0 Å². The summed E-state index contributed by atoms with van der Waals surface area (Å²) in [6.45, 7) is 1.77. The molecule has 0 fully saturated rings. The van der Waals surface area contributed by atoms with Crippen molar-refractivity contribution in [3.8, 4) is 0 Å². The summed E-state index contributed by atoms with van der Waals surface area (Å²) in [5.41, 5.74) is 2.04. The summed E-state index contributed by atoms with van der Waals surface area (Å²) < 4.78 is 1.62. The minimum absolute atomic E-state index is 0.110. The lowest BCUT2D eigenvalue weighted by Gasteiger charge is -2.22. The molecule has 0 spiro atoms. The van der Waals surface area contributed by atoms with Crippen LogP contribution in [-0.2, 0) is 25.5 Å². The number of amides is 1. The van der Waals surface area contributed by atoms with Crippen LogP contribution in [0, 0.1) is 0 Å². The number of fused-ring (bicyclic) bond motifs is 1. The van der Waals surface area contributed by atoms with E-state index in [1.165, 1.54) is 0 Å². The zero-order valence-corrected chi connectivity index (χ0v) is 12.9. The summed E-state index contributed by atoms with van der Waals surface area (Å²) in [6.07, 6.45) is 7.38. The van der Waals surface area contributed by atoms with E-state index in [-0.39, 0.29) is 12.5 Å². The molecule has 7 nitrogen and oxygen atoms in total. The highest BCUT2D eigenvalue weighted by Crippen LogP contribution is 2.23. The molecule has 7 heteroatoms. The Labute approximate surface area is 128 Å². The highest BCUT2D eigenvalue weighted by molar-refractivity contribution is 5.94. The van der Waals surface area contributed by atoms with Crippen LogP contribution >= 0.6 is 0 Å². The summed E-state index contributed by atoms with van der Waals surface area (Å²) in [5.74, 6) is -0.247. The third kappa shape index (κ3) is 2.76. The molecule has 22 heavy (non-hydrogen) atoms. The van der Waals surface area contributed by atoms with Crippen LogP contribution in [0.3, 0.4) is 0 Å². The fraction of sp³-hybridized carbons (Fsp3) is 0.533. The van der Waals surface area contributed by atoms with E-state index >= 15 is 0 Å². The van der Waals surface area contributed by atoms with Crippen molar-refractivity contribution >= 4 is 5.91 Å². The van der Waals surface area contributed by atoms with Gasteiger partial charge in [-0.25, -0.2) is 0 Å². The molecule has 0 saturated heterocycles. The number of aliphatic hydroxyl groups is 1. The first kappa shape index (κ1) is 14.8. The van der Waals surface area contributed by atoms with Crippen molar-refractivity contribution in [3.05, 3.63) is 34.9 Å². The van der Waals surface area contributed by atoms with Gasteiger partial charge in [0.15, 0.2) is 5.69 Å². The molecule has 2 aromatic rings. The first-order valence-electron chi connectivity index (χ1n) is 7.53. The largest absolute Gasteiger partial charge is 0.383 e. The lowest BCUT2D eigenvalue weighted by atomic mass is 9.95. The van der Waals surface area contributed by atoms with Crippen LogP contribution in [0.2, 0.25) is 0 Å². The van der Waals surface area contributed by atoms with Crippen LogP contribution in [0.15, 0.2) is 12.4 Å². The summed E-state index contributed by atoms with van der Waals surface area (Å²) >= 11 is 0. The highest BCUT2D eigenvalue weighted by Gasteiger charge is 2.27. The second-order valence-electron chi connectivity index (χ2n) is 6.10. The Hall–Kier alpha value is -2.15. The third-order valence-corrected chi connectivity index (χ3v) is 4.19. The average molecular weight is 303 g/mol. The van der Waals surface area contributed by atoms with Gasteiger partial charge in [0.2, 0.25) is 0 Å². The van der Waals surface area contributed by atoms with Crippen LogP contribution in [0.4, 0.5) is 0 Å². The predicted molar refractivity (Wildman–Crippen MR) is 80.3 cm³/mol. The Kier molecular flexibility index (Phi) is 3.74. The monoisotopic (exact) mass is 303 g/mol. The quantitative estimate of drug-likeness (QED) is 0.773. The molecule has 0 saturated carbocycles. The standard InChI is InChI=1S/C15H21N5O2/c1-15(22,10-7-17-20(2)8-10)9-16-14(21)13-11-5-3-4-6-12(11)18-19-13/h7-8,22H,3-6,9H2,1-2H3,(H,16,21)(H,18,19). The van der Waals surface area contributed by atoms with Crippen molar-refractivity contribution in [1.29, 1.82) is 0 Å². The average Bonchev–Trinajstić information content (AvgIpc) is 3.11. The number of nitrogens with zero attached hydrogens (tertiary/aromatic N) is 3. The number of hydrogen-bond acceptors (Lipinski definition) is 4. The van der Waals surface area contributed by atoms with E-state index in [4.69, 9.17) is 0 Å². The van der Waals surface area contributed by atoms with Crippen molar-refractivity contribution in [1.82, 2.24) is 25.3 Å². The summed E-state index contributed by atoms with van der Waals surface area (Å²) in [5, 5.41) is 24.4. The Morgan fingerprint density at radius 1 is 1.50 bits per heavy atom. The molecular formula is C15H21N5O2. The minimum atomic E-state index is -1.17. The van der Waals surface area contributed by atoms with Gasteiger partial charge in [-0.3, -0.25) is 14.6 Å². The maximum Gasteiger partial charge on any atom is 0.272 e. The molecule has 1 aliphatic carbocycles. The number of carbonyl (C=O) groups is 1. The summed E-state index contributed by atoms with van der Waals surface area (Å²) in [6, 6.07) is 0. The molecule has 1 atom stereocenters. The number of rotatable bonds is 4. The van der Waals surface area contributed by atoms with E-state index in [0.717, 1.165) is 36.9 Å². The minimum Gasteiger partial charge on any atom is -0.383 e. The normalized spacial score (nSPS) is 16.9. The second kappa shape index (κ2) is 5.57. The Bertz CT molecular complexity index is 686. The van der Waals surface area contributed by atoms with Gasteiger partial charge in [-0.2, -0.15) is 10.2 Å². The molecule has 3 N–H and O–H groups in total. The summed E-state index contributed by atoms with van der Waals surface area (Å²) in [7, 11) is 1.79. The van der Waals surface area contributed by atoms with Crippen molar-refractivity contribution in [2.24, 2.45) is 7.05 Å². The Morgan fingerprint density at radius 3 is 3.00 bits per heavy atom. The van der Waals surface area contributed by atoms with E-state index in [9.17, 15) is 9.90 Å². The molecule has 2 heterocycles. The number of H-pyrrole nitrogens is 1. The maximum absolute atomic E-state index is 12.3. The van der Waals surface area contributed by atoms with E-state index in [2.05, 4.69) is 20.6 Å².